The molecule has 0 aromatic heterocycles. The fourth-order valence-electron chi connectivity index (χ4n) is 1.82. The number of methoxy groups -OCH3 is 1. The van der Waals surface area contributed by atoms with Crippen molar-refractivity contribution in [3.63, 3.8) is 0 Å². The molecule has 6 heteroatoms. The average molecular weight is 220 g/mol. The maximum Gasteiger partial charge on any atom is 0.312 e. The molecular formula is C9H16O6. The molecule has 88 valence electrons. The van der Waals surface area contributed by atoms with E-state index in [9.17, 15) is 9.90 Å². The number of ether oxygens (including phenoxy) is 2. The summed E-state index contributed by atoms with van der Waals surface area (Å²) >= 11 is 0. The van der Waals surface area contributed by atoms with Gasteiger partial charge in [0.15, 0.2) is 0 Å². The molecule has 1 saturated heterocycles. The minimum atomic E-state index is -1.15. The predicted octanol–water partition coefficient (Wildman–Crippen LogP) is -1.16. The van der Waals surface area contributed by atoms with Crippen LogP contribution in [0.25, 0.3) is 0 Å². The van der Waals surface area contributed by atoms with Crippen LogP contribution in [0.2, 0.25) is 0 Å². The molecule has 15 heavy (non-hydrogen) atoms. The van der Waals surface area contributed by atoms with Gasteiger partial charge < -0.3 is 24.8 Å². The first kappa shape index (κ1) is 12.4. The summed E-state index contributed by atoms with van der Waals surface area (Å²) in [6.07, 6.45) is -3.19. The number of aliphatic carboxylic acids is 1. The van der Waals surface area contributed by atoms with E-state index in [-0.39, 0.29) is 6.61 Å². The van der Waals surface area contributed by atoms with Crippen LogP contribution in [0.1, 0.15) is 6.92 Å². The lowest BCUT2D eigenvalue weighted by Crippen LogP contribution is -2.41. The summed E-state index contributed by atoms with van der Waals surface area (Å²) < 4.78 is 10.2. The van der Waals surface area contributed by atoms with Crippen molar-refractivity contribution >= 4 is 5.97 Å². The van der Waals surface area contributed by atoms with Gasteiger partial charge in [0.2, 0.25) is 0 Å². The van der Waals surface area contributed by atoms with Crippen LogP contribution < -0.4 is 0 Å². The van der Waals surface area contributed by atoms with Crippen molar-refractivity contribution in [2.24, 2.45) is 5.92 Å². The lowest BCUT2D eigenvalue weighted by atomic mass is 9.93. The Kier molecular flexibility index (Phi) is 4.04. The molecular weight excluding hydrogens is 204 g/mol. The molecule has 0 aliphatic carbocycles. The highest BCUT2D eigenvalue weighted by molar-refractivity contribution is 5.72. The minimum absolute atomic E-state index is 0.343. The highest BCUT2D eigenvalue weighted by Crippen LogP contribution is 2.30. The monoisotopic (exact) mass is 220 g/mol. The molecule has 0 bridgehead atoms. The first-order chi connectivity index (χ1) is 7.02. The minimum Gasteiger partial charge on any atom is -0.481 e. The lowest BCUT2D eigenvalue weighted by Gasteiger charge is -2.23. The highest BCUT2D eigenvalue weighted by atomic mass is 16.6. The zero-order valence-electron chi connectivity index (χ0n) is 8.66. The molecule has 3 unspecified atom stereocenters. The largest absolute Gasteiger partial charge is 0.481 e. The molecule has 1 aliphatic heterocycles. The van der Waals surface area contributed by atoms with Crippen LogP contribution in [0.5, 0.6) is 0 Å². The Morgan fingerprint density at radius 1 is 1.60 bits per heavy atom. The smallest absolute Gasteiger partial charge is 0.312 e. The van der Waals surface area contributed by atoms with Gasteiger partial charge >= 0.3 is 5.97 Å². The number of hydrogen-bond acceptors (Lipinski definition) is 5. The van der Waals surface area contributed by atoms with Gasteiger partial charge in [0, 0.05) is 7.11 Å². The molecule has 0 spiro atoms. The Bertz CT molecular complexity index is 227. The standard InChI is InChI=1S/C9H16O6/c1-4-7(11)6(9(12)13)8(15-4)5(3-10)14-2/h4-8,10-11H,3H2,1-2H3,(H,12,13)/t4?,5-,6?,7+,8?/m0/s1. The van der Waals surface area contributed by atoms with Crippen LogP contribution in [0.4, 0.5) is 0 Å². The summed E-state index contributed by atoms with van der Waals surface area (Å²) in [5.74, 6) is -2.20. The van der Waals surface area contributed by atoms with Crippen LogP contribution in [-0.2, 0) is 14.3 Å². The summed E-state index contributed by atoms with van der Waals surface area (Å²) in [6, 6.07) is 0. The number of carboxylic acids is 1. The van der Waals surface area contributed by atoms with E-state index in [4.69, 9.17) is 19.7 Å². The number of aliphatic hydroxyl groups excluding tert-OH is 2. The fraction of sp³-hybridized carbons (Fsp3) is 0.889. The van der Waals surface area contributed by atoms with Crippen LogP contribution in [0, 0.1) is 5.92 Å². The Labute approximate surface area is 87.4 Å². The second-order valence-electron chi connectivity index (χ2n) is 3.62. The van der Waals surface area contributed by atoms with E-state index in [1.165, 1.54) is 7.11 Å². The van der Waals surface area contributed by atoms with Crippen molar-refractivity contribution in [1.29, 1.82) is 0 Å². The molecule has 1 fully saturated rings. The van der Waals surface area contributed by atoms with E-state index >= 15 is 0 Å². The van der Waals surface area contributed by atoms with E-state index in [0.29, 0.717) is 0 Å². The maximum absolute atomic E-state index is 10.9. The van der Waals surface area contributed by atoms with Gasteiger partial charge in [-0.15, -0.1) is 0 Å². The van der Waals surface area contributed by atoms with Gasteiger partial charge in [0.1, 0.15) is 18.1 Å². The van der Waals surface area contributed by atoms with E-state index < -0.39 is 36.3 Å². The van der Waals surface area contributed by atoms with Gasteiger partial charge in [-0.1, -0.05) is 0 Å². The summed E-state index contributed by atoms with van der Waals surface area (Å²) in [5.41, 5.74) is 0. The zero-order valence-corrected chi connectivity index (χ0v) is 8.66. The topological polar surface area (TPSA) is 96.2 Å². The van der Waals surface area contributed by atoms with Gasteiger partial charge in [-0.05, 0) is 6.92 Å². The Morgan fingerprint density at radius 2 is 2.20 bits per heavy atom. The summed E-state index contributed by atoms with van der Waals surface area (Å²) in [6.45, 7) is 1.25. The van der Waals surface area contributed by atoms with Gasteiger partial charge in [-0.2, -0.15) is 0 Å². The molecule has 0 aromatic rings. The molecule has 0 amide bonds. The number of hydrogen-bond donors (Lipinski definition) is 3. The number of aliphatic hydroxyl groups is 2. The second-order valence-corrected chi connectivity index (χ2v) is 3.62. The zero-order chi connectivity index (χ0) is 11.6. The van der Waals surface area contributed by atoms with E-state index in [0.717, 1.165) is 0 Å². The van der Waals surface area contributed by atoms with Crippen molar-refractivity contribution in [3.8, 4) is 0 Å². The maximum atomic E-state index is 10.9. The van der Waals surface area contributed by atoms with Gasteiger partial charge in [-0.3, -0.25) is 4.79 Å². The van der Waals surface area contributed by atoms with Crippen LogP contribution in [0.3, 0.4) is 0 Å². The quantitative estimate of drug-likeness (QED) is 0.553. The Morgan fingerprint density at radius 3 is 2.60 bits per heavy atom. The SMILES string of the molecule is CO[C@@H](CO)C1OC(C)[C@@H](O)C1C(=O)O. The number of carboxylic acid groups (broad SMARTS) is 1. The van der Waals surface area contributed by atoms with E-state index in [2.05, 4.69) is 0 Å². The van der Waals surface area contributed by atoms with Crippen LogP contribution >= 0.6 is 0 Å². The Hall–Kier alpha value is -0.690. The molecule has 0 aromatic carbocycles. The van der Waals surface area contributed by atoms with Gasteiger partial charge in [-0.25, -0.2) is 0 Å². The van der Waals surface area contributed by atoms with Crippen molar-refractivity contribution in [2.75, 3.05) is 13.7 Å². The van der Waals surface area contributed by atoms with Crippen molar-refractivity contribution in [1.82, 2.24) is 0 Å². The summed E-state index contributed by atoms with van der Waals surface area (Å²) in [7, 11) is 1.36. The number of carbonyl (C=O) groups is 1. The van der Waals surface area contributed by atoms with Gasteiger partial charge in [0.25, 0.3) is 0 Å². The lowest BCUT2D eigenvalue weighted by molar-refractivity contribution is -0.150. The average Bonchev–Trinajstić information content (AvgIpc) is 2.45. The van der Waals surface area contributed by atoms with E-state index in [1.807, 2.05) is 0 Å². The molecule has 3 N–H and O–H groups in total. The van der Waals surface area contributed by atoms with Crippen LogP contribution in [0.15, 0.2) is 0 Å². The molecule has 1 heterocycles. The summed E-state index contributed by atoms with van der Waals surface area (Å²) in [5, 5.41) is 27.5. The molecule has 6 nitrogen and oxygen atoms in total. The number of rotatable bonds is 4. The second kappa shape index (κ2) is 4.89. The first-order valence-electron chi connectivity index (χ1n) is 4.73. The molecule has 0 saturated carbocycles. The predicted molar refractivity (Wildman–Crippen MR) is 49.4 cm³/mol. The van der Waals surface area contributed by atoms with Gasteiger partial charge in [0.05, 0.1) is 18.8 Å². The van der Waals surface area contributed by atoms with Crippen molar-refractivity contribution in [3.05, 3.63) is 0 Å². The van der Waals surface area contributed by atoms with Crippen LogP contribution in [-0.4, -0.2) is 59.4 Å². The third-order valence-corrected chi connectivity index (χ3v) is 2.71. The van der Waals surface area contributed by atoms with Crippen molar-refractivity contribution < 1.29 is 29.6 Å². The molecule has 1 rings (SSSR count). The molecule has 1 aliphatic rings. The third kappa shape index (κ3) is 2.28. The highest BCUT2D eigenvalue weighted by Gasteiger charge is 2.49. The van der Waals surface area contributed by atoms with E-state index in [1.54, 1.807) is 6.92 Å². The third-order valence-electron chi connectivity index (χ3n) is 2.71. The first-order valence-corrected chi connectivity index (χ1v) is 4.73. The Balaban J connectivity index is 2.83. The molecule has 0 radical (unpaired) electrons. The normalized spacial score (nSPS) is 37.9. The summed E-state index contributed by atoms with van der Waals surface area (Å²) in [4.78, 5) is 10.9. The van der Waals surface area contributed by atoms with Crippen molar-refractivity contribution in [2.45, 2.75) is 31.3 Å². The molecule has 5 atom stereocenters. The fourth-order valence-corrected chi connectivity index (χ4v) is 1.82.